The van der Waals surface area contributed by atoms with Crippen LogP contribution in [0.3, 0.4) is 0 Å². The van der Waals surface area contributed by atoms with Crippen LogP contribution in [0.4, 0.5) is 0 Å². The van der Waals surface area contributed by atoms with Crippen molar-refractivity contribution in [3.8, 4) is 0 Å². The van der Waals surface area contributed by atoms with Crippen LogP contribution in [-0.2, 0) is 14.4 Å². The van der Waals surface area contributed by atoms with Gasteiger partial charge < -0.3 is 4.79 Å². The molecular weight excluding hydrogens is 458 g/mol. The van der Waals surface area contributed by atoms with Gasteiger partial charge in [-0.1, -0.05) is 67.0 Å². The first kappa shape index (κ1) is 26.6. The van der Waals surface area contributed by atoms with E-state index in [2.05, 4.69) is 39.5 Å². The fourth-order valence-electron chi connectivity index (χ4n) is 10.4. The minimum atomic E-state index is -0.644. The molecule has 0 aliphatic heterocycles. The Kier molecular flexibility index (Phi) is 5.58. The molecular formula is C33H45NO3. The van der Waals surface area contributed by atoms with Crippen LogP contribution in [0, 0.1) is 56.8 Å². The van der Waals surface area contributed by atoms with Crippen molar-refractivity contribution in [1.82, 2.24) is 0 Å². The van der Waals surface area contributed by atoms with Gasteiger partial charge in [-0.15, -0.1) is 0 Å². The predicted molar refractivity (Wildman–Crippen MR) is 145 cm³/mol. The molecule has 0 saturated heterocycles. The SMILES string of the molecule is [C-]#[N+]C1=C[C@]2(C)C3=CC(=O)[C@@H]4[C@@H]5CC(C)(C)CC[C@]5(C(=O)CC)CC[C@@]4(C)[C@]3(C)CC[C@H]2C(C)(C)C1=O. The summed E-state index contributed by atoms with van der Waals surface area (Å²) in [4.78, 5) is 44.9. The second-order valence-corrected chi connectivity index (χ2v) is 15.2. The number of carbonyl (C=O) groups excluding carboxylic acids is 3. The summed E-state index contributed by atoms with van der Waals surface area (Å²) in [5.41, 5.74) is -0.526. The molecule has 5 aliphatic rings. The van der Waals surface area contributed by atoms with E-state index >= 15 is 0 Å². The summed E-state index contributed by atoms with van der Waals surface area (Å²) in [6.45, 7) is 25.2. The Labute approximate surface area is 223 Å². The summed E-state index contributed by atoms with van der Waals surface area (Å²) >= 11 is 0. The van der Waals surface area contributed by atoms with Gasteiger partial charge in [0.25, 0.3) is 0 Å². The van der Waals surface area contributed by atoms with Gasteiger partial charge in [0.2, 0.25) is 5.70 Å². The van der Waals surface area contributed by atoms with E-state index in [-0.39, 0.29) is 56.7 Å². The van der Waals surface area contributed by atoms with Crippen LogP contribution in [0.5, 0.6) is 0 Å². The lowest BCUT2D eigenvalue weighted by Crippen LogP contribution is -2.65. The zero-order chi connectivity index (χ0) is 27.4. The third-order valence-electron chi connectivity index (χ3n) is 12.7. The normalized spacial score (nSPS) is 45.8. The van der Waals surface area contributed by atoms with E-state index in [0.29, 0.717) is 12.2 Å². The average molecular weight is 504 g/mol. The minimum absolute atomic E-state index is 0.0586. The third kappa shape index (κ3) is 3.15. The zero-order valence-corrected chi connectivity index (χ0v) is 24.2. The van der Waals surface area contributed by atoms with Crippen LogP contribution in [0.25, 0.3) is 4.85 Å². The Bertz CT molecular complexity index is 1200. The molecule has 4 heteroatoms. The maximum absolute atomic E-state index is 14.4. The molecule has 0 spiro atoms. The number of ketones is 3. The summed E-state index contributed by atoms with van der Waals surface area (Å²) in [6, 6.07) is 0. The zero-order valence-electron chi connectivity index (χ0n) is 24.2. The second kappa shape index (κ2) is 7.77. The molecule has 0 amide bonds. The van der Waals surface area contributed by atoms with Crippen molar-refractivity contribution < 1.29 is 14.4 Å². The molecule has 0 N–H and O–H groups in total. The summed E-state index contributed by atoms with van der Waals surface area (Å²) in [5.74, 6) is 0.450. The predicted octanol–water partition coefficient (Wildman–Crippen LogP) is 7.54. The van der Waals surface area contributed by atoms with Gasteiger partial charge in [-0.05, 0) is 79.1 Å². The van der Waals surface area contributed by atoms with Crippen molar-refractivity contribution in [3.63, 3.8) is 0 Å². The molecule has 5 aliphatic carbocycles. The summed E-state index contributed by atoms with van der Waals surface area (Å²) in [6.07, 6.45) is 10.8. The molecule has 7 atom stereocenters. The first-order valence-electron chi connectivity index (χ1n) is 14.5. The minimum Gasteiger partial charge on any atom is -0.307 e. The molecule has 0 radical (unpaired) electrons. The van der Waals surface area contributed by atoms with E-state index in [1.165, 1.54) is 0 Å². The molecule has 4 nitrogen and oxygen atoms in total. The topological polar surface area (TPSA) is 55.6 Å². The van der Waals surface area contributed by atoms with Crippen LogP contribution < -0.4 is 0 Å². The van der Waals surface area contributed by atoms with E-state index in [4.69, 9.17) is 6.57 Å². The van der Waals surface area contributed by atoms with Crippen molar-refractivity contribution in [1.29, 1.82) is 0 Å². The number of rotatable bonds is 2. The van der Waals surface area contributed by atoms with Crippen LogP contribution in [-0.4, -0.2) is 17.3 Å². The highest BCUT2D eigenvalue weighted by molar-refractivity contribution is 6.03. The maximum Gasteiger partial charge on any atom is 0.226 e. The Hall–Kier alpha value is -2.02. The number of nitrogens with zero attached hydrogens (tertiary/aromatic N) is 1. The molecule has 37 heavy (non-hydrogen) atoms. The first-order valence-corrected chi connectivity index (χ1v) is 14.5. The second-order valence-electron chi connectivity index (χ2n) is 15.2. The Balaban J connectivity index is 1.71. The highest BCUT2D eigenvalue weighted by Gasteiger charge is 2.70. The van der Waals surface area contributed by atoms with Gasteiger partial charge in [0.1, 0.15) is 5.78 Å². The quantitative estimate of drug-likeness (QED) is 0.366. The van der Waals surface area contributed by atoms with Crippen molar-refractivity contribution in [3.05, 3.63) is 34.8 Å². The van der Waals surface area contributed by atoms with Crippen LogP contribution in [0.15, 0.2) is 23.4 Å². The van der Waals surface area contributed by atoms with E-state index in [0.717, 1.165) is 50.5 Å². The van der Waals surface area contributed by atoms with Gasteiger partial charge in [-0.3, -0.25) is 9.59 Å². The molecule has 0 heterocycles. The van der Waals surface area contributed by atoms with Crippen molar-refractivity contribution in [2.45, 2.75) is 107 Å². The molecule has 3 fully saturated rings. The van der Waals surface area contributed by atoms with E-state index in [1.54, 1.807) is 0 Å². The smallest absolute Gasteiger partial charge is 0.226 e. The summed E-state index contributed by atoms with van der Waals surface area (Å²) < 4.78 is 0. The number of carbonyl (C=O) groups is 3. The van der Waals surface area contributed by atoms with E-state index in [9.17, 15) is 14.4 Å². The molecule has 0 aromatic heterocycles. The monoisotopic (exact) mass is 503 g/mol. The van der Waals surface area contributed by atoms with E-state index < -0.39 is 10.8 Å². The standard InChI is InChI=1S/C33H45NO3/c1-10-25(36)33-15-13-28(2,3)18-20(33)26-22(35)17-24-30(6)19-21(34-9)27(37)29(4,5)23(30)11-12-31(24,7)32(26,8)14-16-33/h17,19-20,23,26H,10-16,18H2,1-8H3/t20-,23-,26-,30-,31+,32+,33-/m0/s1. The van der Waals surface area contributed by atoms with Gasteiger partial charge in [-0.25, -0.2) is 4.85 Å². The Morgan fingerprint density at radius 3 is 2.27 bits per heavy atom. The Morgan fingerprint density at radius 2 is 1.65 bits per heavy atom. The van der Waals surface area contributed by atoms with Crippen molar-refractivity contribution in [2.24, 2.45) is 50.2 Å². The highest BCUT2D eigenvalue weighted by atomic mass is 16.1. The lowest BCUT2D eigenvalue weighted by Gasteiger charge is -2.69. The Morgan fingerprint density at radius 1 is 1.00 bits per heavy atom. The highest BCUT2D eigenvalue weighted by Crippen LogP contribution is 2.74. The van der Waals surface area contributed by atoms with Gasteiger partial charge in [0.15, 0.2) is 11.6 Å². The van der Waals surface area contributed by atoms with Crippen molar-refractivity contribution in [2.75, 3.05) is 0 Å². The molecule has 0 unspecified atom stereocenters. The number of hydrogen-bond acceptors (Lipinski definition) is 3. The number of hydrogen-bond donors (Lipinski definition) is 0. The van der Waals surface area contributed by atoms with Crippen LogP contribution >= 0.6 is 0 Å². The lowest BCUT2D eigenvalue weighted by molar-refractivity contribution is -0.177. The first-order chi connectivity index (χ1) is 17.0. The van der Waals surface area contributed by atoms with Crippen molar-refractivity contribution >= 4 is 17.3 Å². The van der Waals surface area contributed by atoms with Gasteiger partial charge in [0, 0.05) is 28.6 Å². The number of allylic oxidation sites excluding steroid dienone is 4. The van der Waals surface area contributed by atoms with Crippen LogP contribution in [0.2, 0.25) is 0 Å². The average Bonchev–Trinajstić information content (AvgIpc) is 2.82. The van der Waals surface area contributed by atoms with Gasteiger partial charge >= 0.3 is 0 Å². The largest absolute Gasteiger partial charge is 0.307 e. The fourth-order valence-corrected chi connectivity index (χ4v) is 10.4. The number of fused-ring (bicyclic) bond motifs is 7. The molecule has 3 saturated carbocycles. The van der Waals surface area contributed by atoms with Gasteiger partial charge in [0.05, 0.1) is 6.57 Å². The molecule has 0 aromatic rings. The third-order valence-corrected chi connectivity index (χ3v) is 12.7. The lowest BCUT2D eigenvalue weighted by atomic mass is 9.34. The van der Waals surface area contributed by atoms with E-state index in [1.807, 2.05) is 32.9 Å². The molecule has 0 bridgehead atoms. The van der Waals surface area contributed by atoms with Gasteiger partial charge in [-0.2, -0.15) is 0 Å². The molecule has 0 aromatic carbocycles. The number of Topliss-reactive ketones (excluding diaryl/α,β-unsaturated/α-hetero) is 2. The van der Waals surface area contributed by atoms with Crippen LogP contribution in [0.1, 0.15) is 107 Å². The molecule has 5 rings (SSSR count). The summed E-state index contributed by atoms with van der Waals surface area (Å²) in [5, 5.41) is 0. The maximum atomic E-state index is 14.4. The fraction of sp³-hybridized carbons (Fsp3) is 0.758. The molecule has 200 valence electrons. The summed E-state index contributed by atoms with van der Waals surface area (Å²) in [7, 11) is 0.